The average Bonchev–Trinajstić information content (AvgIpc) is 2.73. The number of benzene rings is 1. The average molecular weight is 288 g/mol. The minimum Gasteiger partial charge on any atom is -0.481 e. The number of aliphatic carboxylic acids is 1. The zero-order valence-electron chi connectivity index (χ0n) is 13.1. The van der Waals surface area contributed by atoms with Crippen molar-refractivity contribution in [3.05, 3.63) is 29.1 Å². The summed E-state index contributed by atoms with van der Waals surface area (Å²) in [6.45, 7) is 7.24. The smallest absolute Gasteiger partial charge is 0.303 e. The van der Waals surface area contributed by atoms with Gasteiger partial charge in [0.15, 0.2) is 0 Å². The van der Waals surface area contributed by atoms with E-state index < -0.39 is 5.97 Å². The molecule has 4 nitrogen and oxygen atoms in total. The van der Waals surface area contributed by atoms with Gasteiger partial charge in [0.1, 0.15) is 5.82 Å². The molecule has 0 saturated carbocycles. The molecular weight excluding hydrogens is 264 g/mol. The van der Waals surface area contributed by atoms with Crippen molar-refractivity contribution in [2.45, 2.75) is 59.4 Å². The van der Waals surface area contributed by atoms with Crippen LogP contribution in [-0.2, 0) is 17.8 Å². The van der Waals surface area contributed by atoms with Crippen molar-refractivity contribution in [3.63, 3.8) is 0 Å². The van der Waals surface area contributed by atoms with Crippen molar-refractivity contribution < 1.29 is 9.90 Å². The number of carboxylic acid groups (broad SMARTS) is 1. The standard InChI is InChI=1S/C17H24N2O2/c1-4-7-16-18-14-10-12(2)13(3)11-15(14)19(16)9-6-5-8-17(20)21/h10-11H,4-9H2,1-3H3,(H,20,21). The molecule has 0 aliphatic rings. The summed E-state index contributed by atoms with van der Waals surface area (Å²) in [6, 6.07) is 4.35. The Morgan fingerprint density at radius 1 is 1.24 bits per heavy atom. The largest absolute Gasteiger partial charge is 0.481 e. The van der Waals surface area contributed by atoms with E-state index in [9.17, 15) is 4.79 Å². The van der Waals surface area contributed by atoms with Crippen LogP contribution in [0.2, 0.25) is 0 Å². The third-order valence-corrected chi connectivity index (χ3v) is 3.94. The molecule has 2 rings (SSSR count). The number of carbonyl (C=O) groups is 1. The molecule has 0 radical (unpaired) electrons. The fourth-order valence-electron chi connectivity index (χ4n) is 2.64. The molecule has 0 fully saturated rings. The highest BCUT2D eigenvalue weighted by Gasteiger charge is 2.11. The number of nitrogens with zero attached hydrogens (tertiary/aromatic N) is 2. The summed E-state index contributed by atoms with van der Waals surface area (Å²) in [7, 11) is 0. The van der Waals surface area contributed by atoms with Gasteiger partial charge >= 0.3 is 5.97 Å². The van der Waals surface area contributed by atoms with E-state index in [0.717, 1.165) is 37.1 Å². The van der Waals surface area contributed by atoms with Gasteiger partial charge in [-0.15, -0.1) is 0 Å². The van der Waals surface area contributed by atoms with Crippen LogP contribution in [-0.4, -0.2) is 20.6 Å². The van der Waals surface area contributed by atoms with E-state index >= 15 is 0 Å². The van der Waals surface area contributed by atoms with Crippen LogP contribution in [0.4, 0.5) is 0 Å². The second-order valence-corrected chi connectivity index (χ2v) is 5.71. The Kier molecular flexibility index (Phi) is 4.99. The lowest BCUT2D eigenvalue weighted by Crippen LogP contribution is -2.05. The van der Waals surface area contributed by atoms with Crippen molar-refractivity contribution in [1.29, 1.82) is 0 Å². The summed E-state index contributed by atoms with van der Waals surface area (Å²) in [5, 5.41) is 8.73. The molecule has 2 aromatic rings. The topological polar surface area (TPSA) is 55.1 Å². The molecule has 0 spiro atoms. The Labute approximate surface area is 125 Å². The number of aromatic nitrogens is 2. The van der Waals surface area contributed by atoms with Crippen LogP contribution >= 0.6 is 0 Å². The second kappa shape index (κ2) is 6.74. The van der Waals surface area contributed by atoms with Crippen molar-refractivity contribution in [1.82, 2.24) is 9.55 Å². The molecule has 1 N–H and O–H groups in total. The van der Waals surface area contributed by atoms with Gasteiger partial charge in [-0.1, -0.05) is 6.92 Å². The molecule has 21 heavy (non-hydrogen) atoms. The molecule has 0 unspecified atom stereocenters. The Bertz CT molecular complexity index is 644. The van der Waals surface area contributed by atoms with E-state index in [2.05, 4.69) is 37.5 Å². The van der Waals surface area contributed by atoms with E-state index in [1.807, 2.05) is 0 Å². The molecule has 114 valence electrons. The molecule has 1 aromatic heterocycles. The SMILES string of the molecule is CCCc1nc2cc(C)c(C)cc2n1CCCCC(=O)O. The van der Waals surface area contributed by atoms with Crippen LogP contribution in [0.1, 0.15) is 49.6 Å². The Morgan fingerprint density at radius 3 is 2.62 bits per heavy atom. The van der Waals surface area contributed by atoms with Gasteiger partial charge in [-0.05, 0) is 56.4 Å². The Hall–Kier alpha value is -1.84. The van der Waals surface area contributed by atoms with Crippen molar-refractivity contribution in [2.24, 2.45) is 0 Å². The summed E-state index contributed by atoms with van der Waals surface area (Å²) < 4.78 is 2.27. The quantitative estimate of drug-likeness (QED) is 0.787. The van der Waals surface area contributed by atoms with Gasteiger partial charge in [-0.3, -0.25) is 4.79 Å². The molecule has 0 saturated heterocycles. The summed E-state index contributed by atoms with van der Waals surface area (Å²) in [4.78, 5) is 15.4. The number of unbranched alkanes of at least 4 members (excludes halogenated alkanes) is 1. The van der Waals surface area contributed by atoms with Crippen LogP contribution in [0.5, 0.6) is 0 Å². The van der Waals surface area contributed by atoms with Crippen molar-refractivity contribution in [3.8, 4) is 0 Å². The third-order valence-electron chi connectivity index (χ3n) is 3.94. The van der Waals surface area contributed by atoms with Crippen molar-refractivity contribution in [2.75, 3.05) is 0 Å². The minimum absolute atomic E-state index is 0.244. The minimum atomic E-state index is -0.717. The number of imidazole rings is 1. The maximum absolute atomic E-state index is 10.6. The van der Waals surface area contributed by atoms with E-state index in [0.29, 0.717) is 6.42 Å². The molecule has 0 amide bonds. The first kappa shape index (κ1) is 15.5. The zero-order chi connectivity index (χ0) is 15.4. The molecule has 0 aliphatic heterocycles. The van der Waals surface area contributed by atoms with E-state index in [4.69, 9.17) is 10.1 Å². The number of hydrogen-bond donors (Lipinski definition) is 1. The molecule has 0 aliphatic carbocycles. The predicted molar refractivity (Wildman–Crippen MR) is 84.7 cm³/mol. The van der Waals surface area contributed by atoms with Gasteiger partial charge in [0.2, 0.25) is 0 Å². The number of rotatable bonds is 7. The van der Waals surface area contributed by atoms with E-state index in [-0.39, 0.29) is 6.42 Å². The zero-order valence-corrected chi connectivity index (χ0v) is 13.1. The fraction of sp³-hybridized carbons (Fsp3) is 0.529. The first-order chi connectivity index (χ1) is 10.0. The normalized spacial score (nSPS) is 11.2. The van der Waals surface area contributed by atoms with Gasteiger partial charge in [0.05, 0.1) is 11.0 Å². The van der Waals surface area contributed by atoms with Crippen LogP contribution in [0, 0.1) is 13.8 Å². The van der Waals surface area contributed by atoms with E-state index in [1.165, 1.54) is 16.6 Å². The highest BCUT2D eigenvalue weighted by Crippen LogP contribution is 2.22. The summed E-state index contributed by atoms with van der Waals surface area (Å²) in [5.41, 5.74) is 4.77. The summed E-state index contributed by atoms with van der Waals surface area (Å²) in [6.07, 6.45) is 3.86. The predicted octanol–water partition coefficient (Wildman–Crippen LogP) is 3.86. The number of fused-ring (bicyclic) bond motifs is 1. The van der Waals surface area contributed by atoms with Crippen LogP contribution in [0.25, 0.3) is 11.0 Å². The van der Waals surface area contributed by atoms with Crippen LogP contribution in [0.3, 0.4) is 0 Å². The molecule has 0 bridgehead atoms. The monoisotopic (exact) mass is 288 g/mol. The molecule has 0 atom stereocenters. The number of aryl methyl sites for hydroxylation is 4. The van der Waals surface area contributed by atoms with Gasteiger partial charge in [-0.2, -0.15) is 0 Å². The number of carboxylic acids is 1. The Balaban J connectivity index is 2.27. The van der Waals surface area contributed by atoms with Crippen molar-refractivity contribution >= 4 is 17.0 Å². The van der Waals surface area contributed by atoms with Crippen LogP contribution in [0.15, 0.2) is 12.1 Å². The van der Waals surface area contributed by atoms with Gasteiger partial charge < -0.3 is 9.67 Å². The molecule has 4 heteroatoms. The van der Waals surface area contributed by atoms with E-state index in [1.54, 1.807) is 0 Å². The second-order valence-electron chi connectivity index (χ2n) is 5.71. The maximum atomic E-state index is 10.6. The molecular formula is C17H24N2O2. The maximum Gasteiger partial charge on any atom is 0.303 e. The summed E-state index contributed by atoms with van der Waals surface area (Å²) in [5.74, 6) is 0.401. The molecule has 1 aromatic carbocycles. The summed E-state index contributed by atoms with van der Waals surface area (Å²) >= 11 is 0. The first-order valence-electron chi connectivity index (χ1n) is 7.71. The lowest BCUT2D eigenvalue weighted by atomic mass is 10.1. The van der Waals surface area contributed by atoms with Gasteiger partial charge in [-0.25, -0.2) is 4.98 Å². The van der Waals surface area contributed by atoms with Gasteiger partial charge in [0, 0.05) is 19.4 Å². The Morgan fingerprint density at radius 2 is 1.95 bits per heavy atom. The number of hydrogen-bond acceptors (Lipinski definition) is 2. The fourth-order valence-corrected chi connectivity index (χ4v) is 2.64. The molecule has 1 heterocycles. The van der Waals surface area contributed by atoms with Gasteiger partial charge in [0.25, 0.3) is 0 Å². The highest BCUT2D eigenvalue weighted by molar-refractivity contribution is 5.78. The lowest BCUT2D eigenvalue weighted by molar-refractivity contribution is -0.137. The first-order valence-corrected chi connectivity index (χ1v) is 7.71. The highest BCUT2D eigenvalue weighted by atomic mass is 16.4. The van der Waals surface area contributed by atoms with Crippen LogP contribution < -0.4 is 0 Å². The lowest BCUT2D eigenvalue weighted by Gasteiger charge is -2.09. The third kappa shape index (κ3) is 3.63.